The topological polar surface area (TPSA) is 58.4 Å². The molecule has 2 aromatic carbocycles. The van der Waals surface area contributed by atoms with Crippen molar-refractivity contribution in [3.8, 4) is 0 Å². The van der Waals surface area contributed by atoms with Crippen LogP contribution >= 0.6 is 23.2 Å². The molecule has 10 heteroatoms. The van der Waals surface area contributed by atoms with Crippen LogP contribution in [0.3, 0.4) is 0 Å². The summed E-state index contributed by atoms with van der Waals surface area (Å²) < 4.78 is 45.5. The lowest BCUT2D eigenvalue weighted by molar-refractivity contribution is -0.138. The van der Waals surface area contributed by atoms with E-state index in [0.29, 0.717) is 22.5 Å². The van der Waals surface area contributed by atoms with E-state index in [0.717, 1.165) is 6.07 Å². The molecule has 1 atom stereocenters. The van der Waals surface area contributed by atoms with Crippen molar-refractivity contribution >= 4 is 46.2 Å². The zero-order valence-electron chi connectivity index (χ0n) is 14.8. The van der Waals surface area contributed by atoms with Gasteiger partial charge in [0.1, 0.15) is 5.52 Å². The number of benzene rings is 2. The third-order valence-corrected chi connectivity index (χ3v) is 5.24. The third-order valence-electron chi connectivity index (χ3n) is 4.69. The second-order valence-electron chi connectivity index (χ2n) is 6.67. The maximum absolute atomic E-state index is 13.3. The highest BCUT2D eigenvalue weighted by Gasteiger charge is 2.38. The molecule has 0 aliphatic carbocycles. The number of nitrogens with one attached hydrogen (secondary N) is 1. The quantitative estimate of drug-likeness (QED) is 0.582. The van der Waals surface area contributed by atoms with Crippen LogP contribution in [0, 0.1) is 0 Å². The average molecular weight is 444 g/mol. The van der Waals surface area contributed by atoms with Crippen molar-refractivity contribution in [3.63, 3.8) is 0 Å². The molecule has 1 N–H and O–H groups in total. The standard InChI is InChI=1S/C19H14Cl2F3N3O2/c20-10-4-5-14-15(8-10)29-18(26-14)25-11-6-7-27(9-11)17(28)16-12(19(22,23)24)2-1-3-13(16)21/h1-5,8,11H,6-7,9H2,(H,25,26)/t11-/m1/s1. The number of amides is 1. The number of rotatable bonds is 3. The van der Waals surface area contributed by atoms with Gasteiger partial charge in [-0.1, -0.05) is 29.3 Å². The fraction of sp³-hybridized carbons (Fsp3) is 0.263. The first kappa shape index (κ1) is 19.8. The van der Waals surface area contributed by atoms with Gasteiger partial charge in [-0.25, -0.2) is 0 Å². The maximum atomic E-state index is 13.3. The van der Waals surface area contributed by atoms with Crippen LogP contribution in [0.15, 0.2) is 40.8 Å². The minimum atomic E-state index is -4.67. The van der Waals surface area contributed by atoms with Crippen LogP contribution in [-0.4, -0.2) is 34.9 Å². The van der Waals surface area contributed by atoms with E-state index >= 15 is 0 Å². The van der Waals surface area contributed by atoms with E-state index in [9.17, 15) is 18.0 Å². The van der Waals surface area contributed by atoms with Gasteiger partial charge in [-0.2, -0.15) is 18.2 Å². The van der Waals surface area contributed by atoms with E-state index in [2.05, 4.69) is 10.3 Å². The number of hydrogen-bond acceptors (Lipinski definition) is 4. The Balaban J connectivity index is 1.50. The number of carbonyl (C=O) groups is 1. The van der Waals surface area contributed by atoms with Gasteiger partial charge in [-0.3, -0.25) is 4.79 Å². The van der Waals surface area contributed by atoms with Crippen molar-refractivity contribution in [2.75, 3.05) is 18.4 Å². The summed E-state index contributed by atoms with van der Waals surface area (Å²) in [4.78, 5) is 18.4. The van der Waals surface area contributed by atoms with E-state index in [1.807, 2.05) is 0 Å². The number of anilines is 1. The molecule has 1 saturated heterocycles. The maximum Gasteiger partial charge on any atom is 0.417 e. The number of likely N-dealkylation sites (tertiary alicyclic amines) is 1. The molecule has 152 valence electrons. The lowest BCUT2D eigenvalue weighted by atomic mass is 10.1. The number of alkyl halides is 3. The van der Waals surface area contributed by atoms with Gasteiger partial charge in [0.2, 0.25) is 0 Å². The van der Waals surface area contributed by atoms with E-state index in [4.69, 9.17) is 27.6 Å². The van der Waals surface area contributed by atoms with E-state index in [1.165, 1.54) is 17.0 Å². The number of nitrogens with zero attached hydrogens (tertiary/aromatic N) is 2. The Bertz CT molecular complexity index is 1080. The molecule has 0 unspecified atom stereocenters. The minimum Gasteiger partial charge on any atom is -0.423 e. The van der Waals surface area contributed by atoms with Gasteiger partial charge in [-0.15, -0.1) is 0 Å². The molecule has 0 spiro atoms. The van der Waals surface area contributed by atoms with Crippen molar-refractivity contribution in [2.24, 2.45) is 0 Å². The summed E-state index contributed by atoms with van der Waals surface area (Å²) in [7, 11) is 0. The van der Waals surface area contributed by atoms with Gasteiger partial charge in [0.25, 0.3) is 11.9 Å². The normalized spacial score (nSPS) is 17.1. The molecular formula is C19H14Cl2F3N3O2. The van der Waals surface area contributed by atoms with E-state index in [-0.39, 0.29) is 30.2 Å². The summed E-state index contributed by atoms with van der Waals surface area (Å²) in [6, 6.07) is 8.38. The molecule has 3 aromatic rings. The van der Waals surface area contributed by atoms with Crippen molar-refractivity contribution in [1.29, 1.82) is 0 Å². The fourth-order valence-corrected chi connectivity index (χ4v) is 3.75. The molecule has 4 rings (SSSR count). The number of oxazole rings is 1. The first-order chi connectivity index (χ1) is 13.7. The Morgan fingerprint density at radius 2 is 2.03 bits per heavy atom. The number of halogens is 5. The van der Waals surface area contributed by atoms with Gasteiger partial charge in [-0.05, 0) is 30.7 Å². The largest absolute Gasteiger partial charge is 0.423 e. The second kappa shape index (κ2) is 7.42. The summed E-state index contributed by atoms with van der Waals surface area (Å²) in [5.74, 6) is -0.753. The van der Waals surface area contributed by atoms with Crippen LogP contribution in [-0.2, 0) is 6.18 Å². The molecule has 1 aromatic heterocycles. The second-order valence-corrected chi connectivity index (χ2v) is 7.52. The van der Waals surface area contributed by atoms with Gasteiger partial charge in [0, 0.05) is 30.2 Å². The number of hydrogen-bond donors (Lipinski definition) is 1. The molecule has 5 nitrogen and oxygen atoms in total. The first-order valence-corrected chi connectivity index (χ1v) is 9.45. The van der Waals surface area contributed by atoms with Crippen LogP contribution in [0.25, 0.3) is 11.1 Å². The Hall–Kier alpha value is -2.45. The Morgan fingerprint density at radius 1 is 1.24 bits per heavy atom. The fourth-order valence-electron chi connectivity index (χ4n) is 3.33. The molecule has 2 heterocycles. The smallest absolute Gasteiger partial charge is 0.417 e. The van der Waals surface area contributed by atoms with Crippen LogP contribution < -0.4 is 5.32 Å². The Kier molecular flexibility index (Phi) is 5.08. The minimum absolute atomic E-state index is 0.195. The van der Waals surface area contributed by atoms with E-state index < -0.39 is 23.2 Å². The molecule has 0 radical (unpaired) electrons. The molecule has 1 aliphatic heterocycles. The van der Waals surface area contributed by atoms with Crippen molar-refractivity contribution < 1.29 is 22.4 Å². The molecule has 0 saturated carbocycles. The van der Waals surface area contributed by atoms with Crippen LogP contribution in [0.1, 0.15) is 22.3 Å². The van der Waals surface area contributed by atoms with Crippen molar-refractivity contribution in [3.05, 3.63) is 57.6 Å². The SMILES string of the molecule is O=C(c1c(Cl)cccc1C(F)(F)F)N1CC[C@@H](Nc2nc3ccc(Cl)cc3o2)C1. The predicted octanol–water partition coefficient (Wildman–Crippen LogP) is 5.48. The van der Waals surface area contributed by atoms with Crippen LogP contribution in [0.2, 0.25) is 10.0 Å². The molecular weight excluding hydrogens is 430 g/mol. The summed E-state index contributed by atoms with van der Waals surface area (Å²) >= 11 is 11.9. The summed E-state index contributed by atoms with van der Waals surface area (Å²) in [6.07, 6.45) is -4.15. The Labute approximate surface area is 173 Å². The summed E-state index contributed by atoms with van der Waals surface area (Å²) in [5, 5.41) is 3.36. The molecule has 1 aliphatic rings. The van der Waals surface area contributed by atoms with Crippen LogP contribution in [0.5, 0.6) is 0 Å². The van der Waals surface area contributed by atoms with Crippen molar-refractivity contribution in [1.82, 2.24) is 9.88 Å². The zero-order valence-corrected chi connectivity index (χ0v) is 16.3. The first-order valence-electron chi connectivity index (χ1n) is 8.70. The highest BCUT2D eigenvalue weighted by Crippen LogP contribution is 2.36. The lowest BCUT2D eigenvalue weighted by Gasteiger charge is -2.20. The van der Waals surface area contributed by atoms with Gasteiger partial charge < -0.3 is 14.6 Å². The summed E-state index contributed by atoms with van der Waals surface area (Å²) in [5.41, 5.74) is -0.438. The van der Waals surface area contributed by atoms with Gasteiger partial charge in [0.15, 0.2) is 5.58 Å². The molecule has 1 amide bonds. The average Bonchev–Trinajstić information content (AvgIpc) is 3.26. The number of fused-ring (bicyclic) bond motifs is 1. The molecule has 1 fully saturated rings. The van der Waals surface area contributed by atoms with Crippen LogP contribution in [0.4, 0.5) is 19.2 Å². The molecule has 0 bridgehead atoms. The number of aromatic nitrogens is 1. The van der Waals surface area contributed by atoms with E-state index in [1.54, 1.807) is 18.2 Å². The highest BCUT2D eigenvalue weighted by molar-refractivity contribution is 6.34. The molecule has 29 heavy (non-hydrogen) atoms. The monoisotopic (exact) mass is 443 g/mol. The lowest BCUT2D eigenvalue weighted by Crippen LogP contribution is -2.33. The third kappa shape index (κ3) is 4.00. The summed E-state index contributed by atoms with van der Waals surface area (Å²) in [6.45, 7) is 0.478. The predicted molar refractivity (Wildman–Crippen MR) is 103 cm³/mol. The zero-order chi connectivity index (χ0) is 20.8. The van der Waals surface area contributed by atoms with Crippen molar-refractivity contribution in [2.45, 2.75) is 18.6 Å². The Morgan fingerprint density at radius 3 is 2.79 bits per heavy atom. The van der Waals surface area contributed by atoms with Gasteiger partial charge in [0.05, 0.1) is 16.1 Å². The van der Waals surface area contributed by atoms with Gasteiger partial charge >= 0.3 is 6.18 Å². The number of carbonyl (C=O) groups excluding carboxylic acids is 1. The highest BCUT2D eigenvalue weighted by atomic mass is 35.5.